The van der Waals surface area contributed by atoms with Crippen molar-refractivity contribution in [2.45, 2.75) is 36.3 Å². The molecule has 2 fully saturated rings. The number of rotatable bonds is 7. The summed E-state index contributed by atoms with van der Waals surface area (Å²) in [5, 5.41) is 9.25. The van der Waals surface area contributed by atoms with Crippen LogP contribution >= 0.6 is 23.4 Å². The van der Waals surface area contributed by atoms with Crippen LogP contribution in [0.25, 0.3) is 0 Å². The van der Waals surface area contributed by atoms with Crippen LogP contribution in [0.15, 0.2) is 60.7 Å². The molecule has 3 unspecified atom stereocenters. The number of alkyl halides is 1. The number of hydrogen-bond donors (Lipinski definition) is 1. The van der Waals surface area contributed by atoms with Gasteiger partial charge in [-0.1, -0.05) is 60.7 Å². The van der Waals surface area contributed by atoms with Crippen molar-refractivity contribution in [3.05, 3.63) is 71.8 Å². The van der Waals surface area contributed by atoms with E-state index in [0.717, 1.165) is 11.1 Å². The Morgan fingerprint density at radius 2 is 1.72 bits per heavy atom. The Labute approximate surface area is 194 Å². The van der Waals surface area contributed by atoms with Crippen LogP contribution in [0.5, 0.6) is 0 Å². The average molecular weight is 476 g/mol. The van der Waals surface area contributed by atoms with Crippen molar-refractivity contribution in [2.75, 3.05) is 11.6 Å². The van der Waals surface area contributed by atoms with Gasteiger partial charge in [-0.3, -0.25) is 14.5 Å². The molecule has 2 aromatic rings. The van der Waals surface area contributed by atoms with Crippen molar-refractivity contribution in [3.8, 4) is 0 Å². The first-order valence-electron chi connectivity index (χ1n) is 10.1. The van der Waals surface area contributed by atoms with Gasteiger partial charge in [0.15, 0.2) is 18.4 Å². The van der Waals surface area contributed by atoms with Gasteiger partial charge >= 0.3 is 5.97 Å². The maximum Gasteiger partial charge on any atom is 0.332 e. The molecule has 2 heterocycles. The fourth-order valence-corrected chi connectivity index (χ4v) is 5.40. The van der Waals surface area contributed by atoms with Crippen molar-refractivity contribution in [1.82, 2.24) is 4.90 Å². The quantitative estimate of drug-likeness (QED) is 0.216. The smallest absolute Gasteiger partial charge is 0.332 e. The SMILES string of the molecule is CC1(OC(O)CCl)CSC2C(=O)C(=O)N2[C@H]1C(=O)OC(c1ccccc1)c1ccccc1. The van der Waals surface area contributed by atoms with Crippen LogP contribution in [-0.4, -0.2) is 62.6 Å². The summed E-state index contributed by atoms with van der Waals surface area (Å²) in [6.45, 7) is 1.61. The second-order valence-electron chi connectivity index (χ2n) is 7.82. The summed E-state index contributed by atoms with van der Waals surface area (Å²) < 4.78 is 11.6. The lowest BCUT2D eigenvalue weighted by Gasteiger charge is -2.53. The van der Waals surface area contributed by atoms with E-state index in [1.54, 1.807) is 6.92 Å². The van der Waals surface area contributed by atoms with Crippen LogP contribution in [0.1, 0.15) is 24.2 Å². The molecule has 7 nitrogen and oxygen atoms in total. The Bertz CT molecular complexity index is 967. The first-order valence-corrected chi connectivity index (χ1v) is 11.6. The summed E-state index contributed by atoms with van der Waals surface area (Å²) >= 11 is 6.89. The van der Waals surface area contributed by atoms with Crippen LogP contribution in [-0.2, 0) is 23.9 Å². The molecule has 0 aromatic heterocycles. The van der Waals surface area contributed by atoms with Crippen molar-refractivity contribution in [2.24, 2.45) is 0 Å². The van der Waals surface area contributed by atoms with E-state index >= 15 is 0 Å². The number of halogens is 1. The molecule has 1 amide bonds. The Balaban J connectivity index is 1.68. The van der Waals surface area contributed by atoms with E-state index < -0.39 is 47.1 Å². The number of thioether (sulfide) groups is 1. The lowest BCUT2D eigenvalue weighted by Crippen LogP contribution is -2.75. The first-order chi connectivity index (χ1) is 15.4. The molecular weight excluding hydrogens is 454 g/mol. The molecule has 2 aliphatic rings. The van der Waals surface area contributed by atoms with E-state index in [0.29, 0.717) is 0 Å². The van der Waals surface area contributed by atoms with Gasteiger partial charge in [-0.25, -0.2) is 4.79 Å². The predicted molar refractivity (Wildman–Crippen MR) is 119 cm³/mol. The minimum atomic E-state index is -1.35. The highest BCUT2D eigenvalue weighted by molar-refractivity contribution is 8.01. The first kappa shape index (κ1) is 22.8. The standard InChI is InChI=1S/C23H22ClNO6S/c1-23(31-16(26)12-24)13-32-21-17(27)20(28)25(21)19(23)22(29)30-18(14-8-4-2-5-9-14)15-10-6-3-7-11-15/h2-11,16,18-19,21,26H,12-13H2,1H3/t16?,19-,21?,23?/m0/s1. The van der Waals surface area contributed by atoms with E-state index in [2.05, 4.69) is 0 Å². The number of nitrogens with zero attached hydrogens (tertiary/aromatic N) is 1. The molecule has 1 N–H and O–H groups in total. The number of aliphatic hydroxyl groups excluding tert-OH is 1. The molecule has 2 saturated heterocycles. The minimum absolute atomic E-state index is 0.197. The van der Waals surface area contributed by atoms with Gasteiger partial charge < -0.3 is 14.6 Å². The van der Waals surface area contributed by atoms with Gasteiger partial charge in [-0.05, 0) is 18.1 Å². The number of aliphatic hydroxyl groups is 1. The average Bonchev–Trinajstić information content (AvgIpc) is 2.82. The molecule has 2 aliphatic heterocycles. The van der Waals surface area contributed by atoms with Crippen molar-refractivity contribution in [3.63, 3.8) is 0 Å². The van der Waals surface area contributed by atoms with E-state index in [4.69, 9.17) is 21.1 Å². The number of ketones is 1. The number of fused-ring (bicyclic) bond motifs is 1. The maximum atomic E-state index is 13.6. The molecule has 9 heteroatoms. The number of ether oxygens (including phenoxy) is 2. The Morgan fingerprint density at radius 1 is 1.16 bits per heavy atom. The zero-order valence-corrected chi connectivity index (χ0v) is 18.8. The topological polar surface area (TPSA) is 93.1 Å². The zero-order valence-electron chi connectivity index (χ0n) is 17.2. The van der Waals surface area contributed by atoms with Gasteiger partial charge in [0.25, 0.3) is 11.7 Å². The highest BCUT2D eigenvalue weighted by Crippen LogP contribution is 2.43. The van der Waals surface area contributed by atoms with Gasteiger partial charge in [0, 0.05) is 5.75 Å². The number of amides is 1. The van der Waals surface area contributed by atoms with E-state index in [1.165, 1.54) is 16.7 Å². The summed E-state index contributed by atoms with van der Waals surface area (Å²) in [5.74, 6) is -2.07. The third-order valence-corrected chi connectivity index (χ3v) is 7.27. The Kier molecular flexibility index (Phi) is 6.57. The van der Waals surface area contributed by atoms with E-state index in [1.807, 2.05) is 60.7 Å². The number of carbonyl (C=O) groups excluding carboxylic acids is 3. The largest absolute Gasteiger partial charge is 0.451 e. The predicted octanol–water partition coefficient (Wildman–Crippen LogP) is 2.50. The molecule has 0 aliphatic carbocycles. The number of carbonyl (C=O) groups is 3. The number of Topliss-reactive ketones (excluding diaryl/α,β-unsaturated/α-hetero) is 1. The summed E-state index contributed by atoms with van der Waals surface area (Å²) in [6.07, 6.45) is -2.08. The second kappa shape index (κ2) is 9.23. The second-order valence-corrected chi connectivity index (χ2v) is 9.20. The fourth-order valence-electron chi connectivity index (χ4n) is 3.99. The highest BCUT2D eigenvalue weighted by Gasteiger charge is 2.62. The van der Waals surface area contributed by atoms with Crippen LogP contribution in [0.2, 0.25) is 0 Å². The van der Waals surface area contributed by atoms with Crippen molar-refractivity contribution in [1.29, 1.82) is 0 Å². The molecule has 0 radical (unpaired) electrons. The maximum absolute atomic E-state index is 13.6. The lowest BCUT2D eigenvalue weighted by molar-refractivity contribution is -0.208. The third kappa shape index (κ3) is 4.15. The molecular formula is C23H22ClNO6S. The van der Waals surface area contributed by atoms with Crippen molar-refractivity contribution >= 4 is 41.0 Å². The van der Waals surface area contributed by atoms with E-state index in [9.17, 15) is 19.5 Å². The van der Waals surface area contributed by atoms with Crippen molar-refractivity contribution < 1.29 is 29.0 Å². The van der Waals surface area contributed by atoms with E-state index in [-0.39, 0.29) is 11.6 Å². The minimum Gasteiger partial charge on any atom is -0.451 e. The number of benzene rings is 2. The Morgan fingerprint density at radius 3 is 2.25 bits per heavy atom. The fraction of sp³-hybridized carbons (Fsp3) is 0.348. The summed E-state index contributed by atoms with van der Waals surface area (Å²) in [4.78, 5) is 39.2. The zero-order chi connectivity index (χ0) is 22.9. The monoisotopic (exact) mass is 475 g/mol. The molecule has 0 spiro atoms. The lowest BCUT2D eigenvalue weighted by atomic mass is 9.91. The molecule has 4 atom stereocenters. The summed E-state index contributed by atoms with van der Waals surface area (Å²) in [7, 11) is 0. The molecule has 2 aromatic carbocycles. The molecule has 4 rings (SSSR count). The van der Waals surface area contributed by atoms with Crippen LogP contribution in [0, 0.1) is 0 Å². The van der Waals surface area contributed by atoms with Gasteiger partial charge in [-0.2, -0.15) is 0 Å². The van der Waals surface area contributed by atoms with Crippen LogP contribution in [0.3, 0.4) is 0 Å². The van der Waals surface area contributed by atoms with Gasteiger partial charge in [0.2, 0.25) is 0 Å². The number of hydrogen-bond acceptors (Lipinski definition) is 7. The summed E-state index contributed by atoms with van der Waals surface area (Å²) in [6, 6.07) is 17.2. The molecule has 0 bridgehead atoms. The third-order valence-electron chi connectivity index (χ3n) is 5.51. The highest BCUT2D eigenvalue weighted by atomic mass is 35.5. The normalized spacial score (nSPS) is 25.8. The molecule has 32 heavy (non-hydrogen) atoms. The van der Waals surface area contributed by atoms with Crippen LogP contribution < -0.4 is 0 Å². The van der Waals surface area contributed by atoms with Gasteiger partial charge in [-0.15, -0.1) is 23.4 Å². The summed E-state index contributed by atoms with van der Waals surface area (Å²) in [5.41, 5.74) is 0.201. The number of esters is 1. The molecule has 168 valence electrons. The van der Waals surface area contributed by atoms with Crippen LogP contribution in [0.4, 0.5) is 0 Å². The Hall–Kier alpha value is -2.39. The number of β-lactam (4-membered cyclic amide) rings is 1. The van der Waals surface area contributed by atoms with Gasteiger partial charge in [0.05, 0.1) is 5.88 Å². The molecule has 0 saturated carbocycles. The van der Waals surface area contributed by atoms with Gasteiger partial charge in [0.1, 0.15) is 11.0 Å².